The zero-order valence-corrected chi connectivity index (χ0v) is 13.8. The molecule has 1 aliphatic carbocycles. The number of amides is 1. The quantitative estimate of drug-likeness (QED) is 0.765. The van der Waals surface area contributed by atoms with Crippen LogP contribution in [0.5, 0.6) is 5.75 Å². The third-order valence-electron chi connectivity index (χ3n) is 4.39. The largest absolute Gasteiger partial charge is 0.435 e. The Labute approximate surface area is 145 Å². The predicted octanol–water partition coefficient (Wildman–Crippen LogP) is 1.93. The summed E-state index contributed by atoms with van der Waals surface area (Å²) in [5, 5.41) is 15.5. The number of aliphatic hydroxyl groups is 1. The molecule has 0 radical (unpaired) electrons. The summed E-state index contributed by atoms with van der Waals surface area (Å²) in [5.41, 5.74) is 1.88. The average Bonchev–Trinajstić information content (AvgIpc) is 2.93. The minimum atomic E-state index is -2.84. The monoisotopic (exact) mass is 362 g/mol. The Hall–Kier alpha value is -1.44. The second-order valence-electron chi connectivity index (χ2n) is 6.04. The number of halogens is 3. The molecule has 1 aromatic carbocycles. The van der Waals surface area contributed by atoms with E-state index >= 15 is 0 Å². The fourth-order valence-electron chi connectivity index (χ4n) is 3.31. The van der Waals surface area contributed by atoms with Crippen molar-refractivity contribution in [3.63, 3.8) is 0 Å². The first-order chi connectivity index (χ1) is 11.0. The van der Waals surface area contributed by atoms with Gasteiger partial charge in [-0.15, -0.1) is 12.4 Å². The minimum Gasteiger partial charge on any atom is -0.435 e. The second-order valence-corrected chi connectivity index (χ2v) is 6.04. The summed E-state index contributed by atoms with van der Waals surface area (Å²) in [6.07, 6.45) is 2.38. The Morgan fingerprint density at radius 1 is 1.42 bits per heavy atom. The number of hydrogen-bond acceptors (Lipinski definition) is 4. The molecule has 1 heterocycles. The molecule has 0 saturated carbocycles. The summed E-state index contributed by atoms with van der Waals surface area (Å²) in [6.45, 7) is -2.42. The first-order valence-electron chi connectivity index (χ1n) is 7.82. The number of carbonyl (C=O) groups excluding carboxylic acids is 1. The minimum absolute atomic E-state index is 0. The van der Waals surface area contributed by atoms with E-state index in [1.807, 2.05) is 0 Å². The maximum absolute atomic E-state index is 12.3. The van der Waals surface area contributed by atoms with E-state index in [1.165, 1.54) is 6.07 Å². The van der Waals surface area contributed by atoms with Crippen molar-refractivity contribution in [2.45, 2.75) is 50.5 Å². The van der Waals surface area contributed by atoms with Gasteiger partial charge in [0.15, 0.2) is 0 Å². The van der Waals surface area contributed by atoms with E-state index in [0.717, 1.165) is 30.4 Å². The van der Waals surface area contributed by atoms with Crippen molar-refractivity contribution in [1.29, 1.82) is 0 Å². The van der Waals surface area contributed by atoms with E-state index in [-0.39, 0.29) is 36.1 Å². The van der Waals surface area contributed by atoms with Crippen molar-refractivity contribution in [3.05, 3.63) is 29.3 Å². The highest BCUT2D eigenvalue weighted by Crippen LogP contribution is 2.32. The lowest BCUT2D eigenvalue weighted by atomic mass is 9.87. The topological polar surface area (TPSA) is 70.6 Å². The summed E-state index contributed by atoms with van der Waals surface area (Å²) in [7, 11) is 0. The van der Waals surface area contributed by atoms with Crippen LogP contribution < -0.4 is 15.4 Å². The molecular weight excluding hydrogens is 342 g/mol. The Morgan fingerprint density at radius 2 is 2.21 bits per heavy atom. The molecule has 1 aromatic rings. The number of aliphatic hydroxyl groups excluding tert-OH is 1. The first kappa shape index (κ1) is 18.9. The second kappa shape index (κ2) is 8.09. The van der Waals surface area contributed by atoms with E-state index < -0.39 is 12.7 Å². The van der Waals surface area contributed by atoms with Crippen LogP contribution >= 0.6 is 12.4 Å². The maximum Gasteiger partial charge on any atom is 0.387 e. The van der Waals surface area contributed by atoms with Crippen LogP contribution in [0.25, 0.3) is 0 Å². The molecular formula is C16H21ClF2N2O3. The van der Waals surface area contributed by atoms with Crippen molar-refractivity contribution < 1.29 is 23.4 Å². The first-order valence-corrected chi connectivity index (χ1v) is 7.82. The number of fused-ring (bicyclic) bond motifs is 1. The molecule has 3 N–H and O–H groups in total. The molecule has 2 aliphatic rings. The summed E-state index contributed by atoms with van der Waals surface area (Å²) in [4.78, 5) is 12.3. The fourth-order valence-corrected chi connectivity index (χ4v) is 3.31. The van der Waals surface area contributed by atoms with Gasteiger partial charge < -0.3 is 20.5 Å². The number of nitrogens with one attached hydrogen (secondary N) is 2. The van der Waals surface area contributed by atoms with E-state index in [9.17, 15) is 18.7 Å². The zero-order valence-electron chi connectivity index (χ0n) is 13.0. The molecule has 1 fully saturated rings. The van der Waals surface area contributed by atoms with Gasteiger partial charge in [0, 0.05) is 6.54 Å². The fraction of sp³-hybridized carbons (Fsp3) is 0.562. The van der Waals surface area contributed by atoms with Gasteiger partial charge >= 0.3 is 6.61 Å². The Kier molecular flexibility index (Phi) is 6.37. The molecule has 0 bridgehead atoms. The normalized spacial score (nSPS) is 25.8. The lowest BCUT2D eigenvalue weighted by molar-refractivity contribution is -0.123. The van der Waals surface area contributed by atoms with E-state index in [1.54, 1.807) is 12.1 Å². The lowest BCUT2D eigenvalue weighted by Crippen LogP contribution is -2.42. The lowest BCUT2D eigenvalue weighted by Gasteiger charge is -2.28. The maximum atomic E-state index is 12.3. The van der Waals surface area contributed by atoms with E-state index in [2.05, 4.69) is 15.4 Å². The molecule has 1 aliphatic heterocycles. The Bertz CT molecular complexity index is 588. The molecule has 5 nitrogen and oxygen atoms in total. The highest BCUT2D eigenvalue weighted by atomic mass is 35.5. The van der Waals surface area contributed by atoms with Crippen molar-refractivity contribution in [1.82, 2.24) is 10.6 Å². The number of ether oxygens (including phenoxy) is 1. The number of benzene rings is 1. The van der Waals surface area contributed by atoms with Crippen molar-refractivity contribution in [2.75, 3.05) is 6.54 Å². The SMILES string of the molecule is Cl.O=C(NC1CCCc2cc(OC(F)F)ccc21)C1CC(O)CN1. The Balaban J connectivity index is 0.00000208. The van der Waals surface area contributed by atoms with Gasteiger partial charge in [-0.3, -0.25) is 4.79 Å². The molecule has 0 spiro atoms. The highest BCUT2D eigenvalue weighted by Gasteiger charge is 2.30. The molecule has 24 heavy (non-hydrogen) atoms. The van der Waals surface area contributed by atoms with Gasteiger partial charge in [0.25, 0.3) is 0 Å². The van der Waals surface area contributed by atoms with Gasteiger partial charge in [-0.05, 0) is 48.9 Å². The van der Waals surface area contributed by atoms with Crippen molar-refractivity contribution in [2.24, 2.45) is 0 Å². The van der Waals surface area contributed by atoms with Gasteiger partial charge in [0.2, 0.25) is 5.91 Å². The van der Waals surface area contributed by atoms with Crippen molar-refractivity contribution in [3.8, 4) is 5.75 Å². The molecule has 3 atom stereocenters. The Morgan fingerprint density at radius 3 is 2.88 bits per heavy atom. The molecule has 1 amide bonds. The number of alkyl halides is 2. The molecule has 1 saturated heterocycles. The predicted molar refractivity (Wildman–Crippen MR) is 86.6 cm³/mol. The van der Waals surface area contributed by atoms with Gasteiger partial charge in [0.05, 0.1) is 18.2 Å². The summed E-state index contributed by atoms with van der Waals surface area (Å²) < 4.78 is 29.0. The van der Waals surface area contributed by atoms with Crippen LogP contribution in [0.1, 0.15) is 36.4 Å². The summed E-state index contributed by atoms with van der Waals surface area (Å²) >= 11 is 0. The highest BCUT2D eigenvalue weighted by molar-refractivity contribution is 5.85. The summed E-state index contributed by atoms with van der Waals surface area (Å²) in [5.74, 6) is 0.0126. The van der Waals surface area contributed by atoms with Gasteiger partial charge in [-0.1, -0.05) is 6.07 Å². The molecule has 0 aromatic heterocycles. The average molecular weight is 363 g/mol. The third kappa shape index (κ3) is 4.34. The number of rotatable bonds is 4. The molecule has 3 unspecified atom stereocenters. The van der Waals surface area contributed by atoms with Gasteiger partial charge in [-0.25, -0.2) is 0 Å². The standard InChI is InChI=1S/C16H20F2N2O3.ClH/c17-16(18)23-11-4-5-12-9(6-11)2-1-3-13(12)20-15(22)14-7-10(21)8-19-14;/h4-6,10,13-14,16,19,21H,1-3,7-8H2,(H,20,22);1H. The number of carbonyl (C=O) groups is 1. The van der Waals surface area contributed by atoms with E-state index in [0.29, 0.717) is 13.0 Å². The number of β-amino-alcohol motifs (C(OH)–C–C–N with tert-alkyl or cyclic N) is 1. The number of aryl methyl sites for hydroxylation is 1. The van der Waals surface area contributed by atoms with Crippen LogP contribution in [-0.2, 0) is 11.2 Å². The number of hydrogen-bond donors (Lipinski definition) is 3. The van der Waals surface area contributed by atoms with Crippen LogP contribution in [0.3, 0.4) is 0 Å². The van der Waals surface area contributed by atoms with Crippen molar-refractivity contribution >= 4 is 18.3 Å². The van der Waals surface area contributed by atoms with Crippen LogP contribution in [0.2, 0.25) is 0 Å². The smallest absolute Gasteiger partial charge is 0.387 e. The summed E-state index contributed by atoms with van der Waals surface area (Å²) in [6, 6.07) is 4.36. The van der Waals surface area contributed by atoms with Crippen LogP contribution in [0, 0.1) is 0 Å². The van der Waals surface area contributed by atoms with Gasteiger partial charge in [0.1, 0.15) is 5.75 Å². The van der Waals surface area contributed by atoms with E-state index in [4.69, 9.17) is 0 Å². The molecule has 3 rings (SSSR count). The van der Waals surface area contributed by atoms with Crippen LogP contribution in [-0.4, -0.2) is 36.3 Å². The molecule has 134 valence electrons. The molecule has 8 heteroatoms. The van der Waals surface area contributed by atoms with Crippen LogP contribution in [0.4, 0.5) is 8.78 Å². The zero-order chi connectivity index (χ0) is 16.4. The third-order valence-corrected chi connectivity index (χ3v) is 4.39. The van der Waals surface area contributed by atoms with Crippen LogP contribution in [0.15, 0.2) is 18.2 Å². The van der Waals surface area contributed by atoms with Gasteiger partial charge in [-0.2, -0.15) is 8.78 Å².